The van der Waals surface area contributed by atoms with Crippen molar-refractivity contribution in [2.75, 3.05) is 24.3 Å². The lowest BCUT2D eigenvalue weighted by molar-refractivity contribution is -0.118. The maximum Gasteiger partial charge on any atom is 0.226 e. The zero-order valence-electron chi connectivity index (χ0n) is 12.5. The van der Waals surface area contributed by atoms with Crippen molar-refractivity contribution in [3.05, 3.63) is 48.5 Å². The van der Waals surface area contributed by atoms with E-state index in [-0.39, 0.29) is 11.7 Å². The fourth-order valence-electron chi connectivity index (χ4n) is 2.01. The third-order valence-electron chi connectivity index (χ3n) is 3.32. The van der Waals surface area contributed by atoms with Crippen molar-refractivity contribution in [2.24, 2.45) is 0 Å². The number of para-hydroxylation sites is 2. The summed E-state index contributed by atoms with van der Waals surface area (Å²) in [5.41, 5.74) is 7.12. The molecule has 0 saturated heterocycles. The summed E-state index contributed by atoms with van der Waals surface area (Å²) < 4.78 is 5.56. The first-order chi connectivity index (χ1) is 10.6. The molecule has 0 fully saturated rings. The van der Waals surface area contributed by atoms with Crippen LogP contribution in [0.2, 0.25) is 0 Å². The molecule has 116 valence electrons. The van der Waals surface area contributed by atoms with E-state index in [2.05, 4.69) is 0 Å². The number of hydrogen-bond acceptors (Lipinski definition) is 4. The number of hydrogen-bond donors (Lipinski definition) is 2. The largest absolute Gasteiger partial charge is 0.508 e. The van der Waals surface area contributed by atoms with Crippen molar-refractivity contribution >= 4 is 17.3 Å². The molecule has 0 unspecified atom stereocenters. The molecule has 0 spiro atoms. The molecule has 22 heavy (non-hydrogen) atoms. The van der Waals surface area contributed by atoms with E-state index in [0.29, 0.717) is 30.9 Å². The monoisotopic (exact) mass is 300 g/mol. The topological polar surface area (TPSA) is 75.8 Å². The minimum absolute atomic E-state index is 0.00433. The lowest BCUT2D eigenvalue weighted by Crippen LogP contribution is -2.26. The molecule has 2 aromatic carbocycles. The number of nitrogen functional groups attached to an aromatic ring is 1. The fourth-order valence-corrected chi connectivity index (χ4v) is 2.01. The van der Waals surface area contributed by atoms with Crippen molar-refractivity contribution in [3.8, 4) is 11.5 Å². The first kappa shape index (κ1) is 15.7. The van der Waals surface area contributed by atoms with E-state index in [1.165, 1.54) is 0 Å². The van der Waals surface area contributed by atoms with Crippen molar-refractivity contribution in [2.45, 2.75) is 12.8 Å². The van der Waals surface area contributed by atoms with Crippen molar-refractivity contribution in [1.82, 2.24) is 0 Å². The number of carbonyl (C=O) groups is 1. The molecule has 0 saturated carbocycles. The van der Waals surface area contributed by atoms with Crippen LogP contribution in [-0.4, -0.2) is 24.7 Å². The Morgan fingerprint density at radius 3 is 2.55 bits per heavy atom. The van der Waals surface area contributed by atoms with Gasteiger partial charge in [-0.25, -0.2) is 0 Å². The molecule has 0 radical (unpaired) electrons. The van der Waals surface area contributed by atoms with Gasteiger partial charge in [-0.05, 0) is 42.8 Å². The number of anilines is 2. The Kier molecular flexibility index (Phi) is 5.25. The van der Waals surface area contributed by atoms with Gasteiger partial charge in [-0.1, -0.05) is 12.1 Å². The SMILES string of the molecule is CN(C(=O)CCCOc1ccccc1N)c1ccc(O)cc1. The summed E-state index contributed by atoms with van der Waals surface area (Å²) in [6, 6.07) is 13.8. The Morgan fingerprint density at radius 1 is 1.18 bits per heavy atom. The van der Waals surface area contributed by atoms with Crippen LogP contribution in [0.5, 0.6) is 11.5 Å². The average Bonchev–Trinajstić information content (AvgIpc) is 2.53. The number of nitrogens with zero attached hydrogens (tertiary/aromatic N) is 1. The molecule has 0 bridgehead atoms. The normalized spacial score (nSPS) is 10.2. The van der Waals surface area contributed by atoms with Crippen LogP contribution in [0.3, 0.4) is 0 Å². The zero-order valence-corrected chi connectivity index (χ0v) is 12.5. The van der Waals surface area contributed by atoms with Gasteiger partial charge in [0, 0.05) is 19.2 Å². The molecular weight excluding hydrogens is 280 g/mol. The first-order valence-corrected chi connectivity index (χ1v) is 7.11. The van der Waals surface area contributed by atoms with Crippen LogP contribution < -0.4 is 15.4 Å². The van der Waals surface area contributed by atoms with Crippen LogP contribution in [-0.2, 0) is 4.79 Å². The van der Waals surface area contributed by atoms with Gasteiger partial charge in [-0.3, -0.25) is 4.79 Å². The summed E-state index contributed by atoms with van der Waals surface area (Å²) in [6.45, 7) is 0.434. The molecule has 0 aromatic heterocycles. The third kappa shape index (κ3) is 4.15. The summed E-state index contributed by atoms with van der Waals surface area (Å²) in [4.78, 5) is 13.7. The second-order valence-electron chi connectivity index (χ2n) is 4.96. The molecule has 0 aliphatic heterocycles. The van der Waals surface area contributed by atoms with Crippen molar-refractivity contribution < 1.29 is 14.6 Å². The summed E-state index contributed by atoms with van der Waals surface area (Å²) in [6.07, 6.45) is 0.986. The number of aromatic hydroxyl groups is 1. The van der Waals surface area contributed by atoms with Gasteiger partial charge in [0.15, 0.2) is 0 Å². The maximum absolute atomic E-state index is 12.1. The number of amides is 1. The van der Waals surface area contributed by atoms with Crippen LogP contribution in [0, 0.1) is 0 Å². The molecule has 0 atom stereocenters. The quantitative estimate of drug-likeness (QED) is 0.635. The Balaban J connectivity index is 1.78. The Bertz CT molecular complexity index is 626. The van der Waals surface area contributed by atoms with Crippen molar-refractivity contribution in [3.63, 3.8) is 0 Å². The number of nitrogens with two attached hydrogens (primary N) is 1. The second kappa shape index (κ2) is 7.36. The van der Waals surface area contributed by atoms with Crippen molar-refractivity contribution in [1.29, 1.82) is 0 Å². The summed E-state index contributed by atoms with van der Waals surface area (Å²) in [5.74, 6) is 0.815. The number of phenolic OH excluding ortho intramolecular Hbond substituents is 1. The average molecular weight is 300 g/mol. The predicted octanol–water partition coefficient (Wildman–Crippen LogP) is 2.80. The van der Waals surface area contributed by atoms with E-state index < -0.39 is 0 Å². The van der Waals surface area contributed by atoms with Gasteiger partial charge in [0.05, 0.1) is 12.3 Å². The summed E-state index contributed by atoms with van der Waals surface area (Å²) in [7, 11) is 1.71. The van der Waals surface area contributed by atoms with E-state index in [1.54, 1.807) is 48.3 Å². The molecule has 5 nitrogen and oxygen atoms in total. The molecule has 0 aliphatic carbocycles. The number of ether oxygens (including phenoxy) is 1. The highest BCUT2D eigenvalue weighted by Crippen LogP contribution is 2.20. The van der Waals surface area contributed by atoms with Gasteiger partial charge in [0.2, 0.25) is 5.91 Å². The van der Waals surface area contributed by atoms with Gasteiger partial charge >= 0.3 is 0 Å². The van der Waals surface area contributed by atoms with Crippen LogP contribution in [0.4, 0.5) is 11.4 Å². The van der Waals surface area contributed by atoms with Gasteiger partial charge in [0.1, 0.15) is 11.5 Å². The van der Waals surface area contributed by atoms with E-state index in [1.807, 2.05) is 12.1 Å². The molecule has 3 N–H and O–H groups in total. The molecule has 5 heteroatoms. The molecule has 0 heterocycles. The van der Waals surface area contributed by atoms with Gasteiger partial charge in [0.25, 0.3) is 0 Å². The lowest BCUT2D eigenvalue weighted by Gasteiger charge is -2.17. The van der Waals surface area contributed by atoms with Crippen LogP contribution >= 0.6 is 0 Å². The first-order valence-electron chi connectivity index (χ1n) is 7.11. The molecule has 0 aliphatic rings. The Hall–Kier alpha value is -2.69. The number of benzene rings is 2. The highest BCUT2D eigenvalue weighted by atomic mass is 16.5. The fraction of sp³-hybridized carbons (Fsp3) is 0.235. The predicted molar refractivity (Wildman–Crippen MR) is 87.1 cm³/mol. The molecular formula is C17H20N2O3. The van der Waals surface area contributed by atoms with E-state index in [0.717, 1.165) is 5.69 Å². The maximum atomic E-state index is 12.1. The van der Waals surface area contributed by atoms with Gasteiger partial charge in [-0.2, -0.15) is 0 Å². The van der Waals surface area contributed by atoms with Crippen LogP contribution in [0.1, 0.15) is 12.8 Å². The standard InChI is InChI=1S/C17H20N2O3/c1-19(13-8-10-14(20)11-9-13)17(21)7-4-12-22-16-6-3-2-5-15(16)18/h2-3,5-6,8-11,20H,4,7,12,18H2,1H3. The third-order valence-corrected chi connectivity index (χ3v) is 3.32. The number of carbonyl (C=O) groups excluding carboxylic acids is 1. The smallest absolute Gasteiger partial charge is 0.226 e. The molecule has 2 rings (SSSR count). The van der Waals surface area contributed by atoms with Gasteiger partial charge in [-0.15, -0.1) is 0 Å². The minimum Gasteiger partial charge on any atom is -0.508 e. The van der Waals surface area contributed by atoms with Crippen LogP contribution in [0.25, 0.3) is 0 Å². The van der Waals surface area contributed by atoms with E-state index in [4.69, 9.17) is 10.5 Å². The van der Waals surface area contributed by atoms with Crippen LogP contribution in [0.15, 0.2) is 48.5 Å². The Morgan fingerprint density at radius 2 is 1.86 bits per heavy atom. The van der Waals surface area contributed by atoms with E-state index >= 15 is 0 Å². The molecule has 1 amide bonds. The Labute approximate surface area is 129 Å². The summed E-state index contributed by atoms with van der Waals surface area (Å²) in [5, 5.41) is 9.25. The second-order valence-corrected chi connectivity index (χ2v) is 4.96. The van der Waals surface area contributed by atoms with Gasteiger partial charge < -0.3 is 20.5 Å². The lowest BCUT2D eigenvalue weighted by atomic mass is 10.2. The number of rotatable bonds is 6. The minimum atomic E-state index is -0.00433. The highest BCUT2D eigenvalue weighted by Gasteiger charge is 2.10. The molecule has 2 aromatic rings. The zero-order chi connectivity index (χ0) is 15.9. The number of phenols is 1. The van der Waals surface area contributed by atoms with E-state index in [9.17, 15) is 9.90 Å². The highest BCUT2D eigenvalue weighted by molar-refractivity contribution is 5.92. The summed E-state index contributed by atoms with van der Waals surface area (Å²) >= 11 is 0.